The van der Waals surface area contributed by atoms with Crippen molar-refractivity contribution >= 4 is 49.9 Å². The van der Waals surface area contributed by atoms with Crippen LogP contribution in [0.15, 0.2) is 22.7 Å². The van der Waals surface area contributed by atoms with Crippen LogP contribution in [0, 0.1) is 5.82 Å². The molecule has 0 radical (unpaired) electrons. The summed E-state index contributed by atoms with van der Waals surface area (Å²) in [6.45, 7) is 0. The topological polar surface area (TPSA) is 54.9 Å². The third kappa shape index (κ3) is 3.04. The number of hydrogen-bond acceptors (Lipinski definition) is 4. The Balaban J connectivity index is 2.29. The number of halogens is 3. The Labute approximate surface area is 119 Å². The van der Waals surface area contributed by atoms with E-state index in [1.165, 1.54) is 6.07 Å². The van der Waals surface area contributed by atoms with Crippen LogP contribution in [0.5, 0.6) is 0 Å². The minimum Gasteiger partial charge on any atom is -0.299 e. The molecule has 0 aliphatic carbocycles. The average Bonchev–Trinajstić information content (AvgIpc) is 2.80. The van der Waals surface area contributed by atoms with Crippen LogP contribution >= 0.6 is 38.9 Å². The van der Waals surface area contributed by atoms with Crippen LogP contribution < -0.4 is 5.32 Å². The second-order valence-corrected chi connectivity index (χ2v) is 5.38. The van der Waals surface area contributed by atoms with Crippen LogP contribution in [0.2, 0.25) is 0 Å². The fraction of sp³-hybridized carbons (Fsp3) is 0.100. The lowest BCUT2D eigenvalue weighted by molar-refractivity contribution is -0.113. The highest BCUT2D eigenvalue weighted by Gasteiger charge is 2.12. The van der Waals surface area contributed by atoms with Crippen LogP contribution in [0.4, 0.5) is 9.52 Å². The molecule has 0 bridgehead atoms. The summed E-state index contributed by atoms with van der Waals surface area (Å²) in [5.41, 5.74) is 0.327. The van der Waals surface area contributed by atoms with E-state index in [0.29, 0.717) is 10.6 Å². The second kappa shape index (κ2) is 5.73. The van der Waals surface area contributed by atoms with Crippen LogP contribution in [0.25, 0.3) is 10.6 Å². The van der Waals surface area contributed by atoms with Gasteiger partial charge in [-0.1, -0.05) is 27.3 Å². The Morgan fingerprint density at radius 1 is 1.50 bits per heavy atom. The molecular weight excluding hydrogens is 345 g/mol. The van der Waals surface area contributed by atoms with Gasteiger partial charge in [0, 0.05) is 10.0 Å². The van der Waals surface area contributed by atoms with E-state index in [1.54, 1.807) is 12.1 Å². The highest BCUT2D eigenvalue weighted by Crippen LogP contribution is 2.30. The molecule has 0 unspecified atom stereocenters. The molecule has 0 atom stereocenters. The number of aromatic nitrogens is 2. The highest BCUT2D eigenvalue weighted by molar-refractivity contribution is 9.10. The van der Waals surface area contributed by atoms with Gasteiger partial charge in [0.25, 0.3) is 0 Å². The van der Waals surface area contributed by atoms with Gasteiger partial charge in [0.1, 0.15) is 11.7 Å². The van der Waals surface area contributed by atoms with Gasteiger partial charge in [-0.25, -0.2) is 4.39 Å². The van der Waals surface area contributed by atoms with Gasteiger partial charge < -0.3 is 0 Å². The van der Waals surface area contributed by atoms with Crippen LogP contribution in [-0.4, -0.2) is 22.0 Å². The van der Waals surface area contributed by atoms with E-state index in [4.69, 9.17) is 11.6 Å². The molecule has 1 heterocycles. The van der Waals surface area contributed by atoms with Gasteiger partial charge in [-0.3, -0.25) is 10.1 Å². The number of nitrogens with zero attached hydrogens (tertiary/aromatic N) is 2. The number of carbonyl (C=O) groups excluding carboxylic acids is 1. The SMILES string of the molecule is O=C(CCl)Nc1nnc(-c2cc(Br)ccc2F)s1. The van der Waals surface area contributed by atoms with Gasteiger partial charge in [0.15, 0.2) is 5.01 Å². The molecule has 94 valence electrons. The fourth-order valence-corrected chi connectivity index (χ4v) is 2.40. The normalized spacial score (nSPS) is 10.4. The molecule has 1 aromatic carbocycles. The fourth-order valence-electron chi connectivity index (χ4n) is 1.20. The summed E-state index contributed by atoms with van der Waals surface area (Å²) in [6, 6.07) is 4.52. The molecule has 0 aliphatic heterocycles. The maximum Gasteiger partial charge on any atom is 0.241 e. The molecular formula is C10H6BrClFN3OS. The smallest absolute Gasteiger partial charge is 0.241 e. The highest BCUT2D eigenvalue weighted by atomic mass is 79.9. The first-order chi connectivity index (χ1) is 8.60. The molecule has 2 rings (SSSR count). The first-order valence-electron chi connectivity index (χ1n) is 4.75. The predicted octanol–water partition coefficient (Wildman–Crippen LogP) is 3.28. The standard InChI is InChI=1S/C10H6BrClFN3OS/c11-5-1-2-7(13)6(3-5)9-15-16-10(18-9)14-8(17)4-12/h1-3H,4H2,(H,14,16,17). The number of benzene rings is 1. The summed E-state index contributed by atoms with van der Waals surface area (Å²) in [7, 11) is 0. The summed E-state index contributed by atoms with van der Waals surface area (Å²) in [5, 5.41) is 10.7. The predicted molar refractivity (Wildman–Crippen MR) is 72.4 cm³/mol. The lowest BCUT2D eigenvalue weighted by Gasteiger charge is -1.98. The molecule has 1 aromatic heterocycles. The number of hydrogen-bond donors (Lipinski definition) is 1. The molecule has 0 spiro atoms. The lowest BCUT2D eigenvalue weighted by Crippen LogP contribution is -2.12. The van der Waals surface area contributed by atoms with Gasteiger partial charge in [-0.15, -0.1) is 21.8 Å². The van der Waals surface area contributed by atoms with Crippen LogP contribution in [0.3, 0.4) is 0 Å². The van der Waals surface area contributed by atoms with Crippen molar-refractivity contribution < 1.29 is 9.18 Å². The first kappa shape index (κ1) is 13.4. The van der Waals surface area contributed by atoms with Crippen LogP contribution in [0.1, 0.15) is 0 Å². The molecule has 1 amide bonds. The van der Waals surface area contributed by atoms with Gasteiger partial charge in [0.2, 0.25) is 11.0 Å². The Morgan fingerprint density at radius 3 is 3.00 bits per heavy atom. The monoisotopic (exact) mass is 349 g/mol. The van der Waals surface area contributed by atoms with E-state index in [1.807, 2.05) is 0 Å². The van der Waals surface area contributed by atoms with Crippen molar-refractivity contribution in [3.05, 3.63) is 28.5 Å². The second-order valence-electron chi connectivity index (χ2n) is 3.22. The number of nitrogens with one attached hydrogen (secondary N) is 1. The molecule has 8 heteroatoms. The Bertz CT molecular complexity index is 592. The number of anilines is 1. The van der Waals surface area contributed by atoms with Crippen molar-refractivity contribution in [2.75, 3.05) is 11.2 Å². The third-order valence-corrected chi connectivity index (χ3v) is 3.56. The Kier molecular flexibility index (Phi) is 4.26. The largest absolute Gasteiger partial charge is 0.299 e. The molecule has 0 saturated carbocycles. The molecule has 18 heavy (non-hydrogen) atoms. The van der Waals surface area contributed by atoms with E-state index in [2.05, 4.69) is 31.4 Å². The number of amides is 1. The third-order valence-electron chi connectivity index (χ3n) is 1.95. The number of rotatable bonds is 3. The summed E-state index contributed by atoms with van der Waals surface area (Å²) < 4.78 is 14.3. The van der Waals surface area contributed by atoms with Crippen LogP contribution in [-0.2, 0) is 4.79 Å². The minimum absolute atomic E-state index is 0.167. The quantitative estimate of drug-likeness (QED) is 0.864. The van der Waals surface area contributed by atoms with E-state index < -0.39 is 5.82 Å². The van der Waals surface area contributed by atoms with Crippen molar-refractivity contribution in [3.63, 3.8) is 0 Å². The van der Waals surface area contributed by atoms with E-state index >= 15 is 0 Å². The summed E-state index contributed by atoms with van der Waals surface area (Å²) >= 11 is 9.68. The van der Waals surface area contributed by atoms with Crippen molar-refractivity contribution in [1.29, 1.82) is 0 Å². The molecule has 0 aliphatic rings. The van der Waals surface area contributed by atoms with Gasteiger partial charge in [-0.05, 0) is 18.2 Å². The average molecular weight is 351 g/mol. The van der Waals surface area contributed by atoms with Crippen molar-refractivity contribution in [3.8, 4) is 10.6 Å². The molecule has 0 fully saturated rings. The maximum absolute atomic E-state index is 13.6. The zero-order valence-electron chi connectivity index (χ0n) is 8.78. The van der Waals surface area contributed by atoms with Gasteiger partial charge in [-0.2, -0.15) is 0 Å². The van der Waals surface area contributed by atoms with Gasteiger partial charge in [0.05, 0.1) is 0 Å². The molecule has 4 nitrogen and oxygen atoms in total. The van der Waals surface area contributed by atoms with E-state index in [9.17, 15) is 9.18 Å². The zero-order chi connectivity index (χ0) is 13.1. The van der Waals surface area contributed by atoms with Crippen molar-refractivity contribution in [2.45, 2.75) is 0 Å². The summed E-state index contributed by atoms with van der Waals surface area (Å²) in [5.74, 6) is -0.946. The Hall–Kier alpha value is -1.05. The molecule has 1 N–H and O–H groups in total. The number of alkyl halides is 1. The lowest BCUT2D eigenvalue weighted by atomic mass is 10.2. The van der Waals surface area contributed by atoms with E-state index in [-0.39, 0.29) is 16.9 Å². The minimum atomic E-state index is -0.399. The van der Waals surface area contributed by atoms with E-state index in [0.717, 1.165) is 15.8 Å². The summed E-state index contributed by atoms with van der Waals surface area (Å²) in [4.78, 5) is 11.1. The van der Waals surface area contributed by atoms with Gasteiger partial charge >= 0.3 is 0 Å². The number of carbonyl (C=O) groups is 1. The molecule has 2 aromatic rings. The summed E-state index contributed by atoms with van der Waals surface area (Å²) in [6.07, 6.45) is 0. The first-order valence-corrected chi connectivity index (χ1v) is 6.89. The molecule has 0 saturated heterocycles. The van der Waals surface area contributed by atoms with Crippen molar-refractivity contribution in [1.82, 2.24) is 10.2 Å². The Morgan fingerprint density at radius 2 is 2.28 bits per heavy atom. The zero-order valence-corrected chi connectivity index (χ0v) is 11.9. The maximum atomic E-state index is 13.6. The van der Waals surface area contributed by atoms with Crippen molar-refractivity contribution in [2.24, 2.45) is 0 Å².